The molecular weight excluding hydrogens is 302 g/mol. The lowest BCUT2D eigenvalue weighted by Gasteiger charge is -2.04. The van der Waals surface area contributed by atoms with E-state index in [-0.39, 0.29) is 12.2 Å². The first-order valence-electron chi connectivity index (χ1n) is 6.54. The monoisotopic (exact) mass is 315 g/mol. The molecule has 8 nitrogen and oxygen atoms in total. The van der Waals surface area contributed by atoms with Crippen LogP contribution in [0.1, 0.15) is 5.56 Å². The van der Waals surface area contributed by atoms with Gasteiger partial charge in [-0.25, -0.2) is 5.43 Å². The maximum Gasteiger partial charge on any atom is 0.311 e. The zero-order chi connectivity index (χ0) is 16.7. The number of carbonyl (C=O) groups excluding carboxylic acids is 1. The van der Waals surface area contributed by atoms with Crippen molar-refractivity contribution >= 4 is 17.8 Å². The number of hydrogen-bond donors (Lipinski definition) is 2. The third-order valence-corrected chi connectivity index (χ3v) is 2.75. The van der Waals surface area contributed by atoms with Gasteiger partial charge in [0.1, 0.15) is 5.75 Å². The molecule has 0 saturated carbocycles. The van der Waals surface area contributed by atoms with Crippen LogP contribution in [0.25, 0.3) is 0 Å². The summed E-state index contributed by atoms with van der Waals surface area (Å²) in [7, 11) is 0. The highest BCUT2D eigenvalue weighted by Gasteiger charge is 2.15. The molecule has 0 aliphatic rings. The van der Waals surface area contributed by atoms with Gasteiger partial charge in [-0.15, -0.1) is 0 Å². The van der Waals surface area contributed by atoms with Crippen LogP contribution in [-0.4, -0.2) is 28.8 Å². The summed E-state index contributed by atoms with van der Waals surface area (Å²) >= 11 is 0. The molecule has 0 bridgehead atoms. The molecule has 0 aliphatic heterocycles. The number of aromatic hydroxyl groups is 1. The number of phenolic OH excluding ortho intramolecular Hbond substituents is 1. The molecule has 1 amide bonds. The van der Waals surface area contributed by atoms with Gasteiger partial charge < -0.3 is 9.84 Å². The van der Waals surface area contributed by atoms with Gasteiger partial charge >= 0.3 is 5.69 Å². The van der Waals surface area contributed by atoms with Crippen molar-refractivity contribution in [1.29, 1.82) is 0 Å². The van der Waals surface area contributed by atoms with Gasteiger partial charge in [-0.3, -0.25) is 14.9 Å². The Kier molecular flexibility index (Phi) is 5.24. The Morgan fingerprint density at radius 1 is 1.26 bits per heavy atom. The van der Waals surface area contributed by atoms with Gasteiger partial charge in [-0.2, -0.15) is 5.10 Å². The SMILES string of the molecule is O=C(COc1ccccc1)NN=Cc1cccc([N+](=O)[O-])c1O. The number of benzene rings is 2. The van der Waals surface area contributed by atoms with E-state index in [4.69, 9.17) is 4.74 Å². The van der Waals surface area contributed by atoms with E-state index in [2.05, 4.69) is 10.5 Å². The second kappa shape index (κ2) is 7.55. The van der Waals surface area contributed by atoms with Gasteiger partial charge in [-0.1, -0.05) is 24.3 Å². The Morgan fingerprint density at radius 2 is 2.00 bits per heavy atom. The van der Waals surface area contributed by atoms with Crippen LogP contribution in [-0.2, 0) is 4.79 Å². The highest BCUT2D eigenvalue weighted by atomic mass is 16.6. The molecule has 8 heteroatoms. The smallest absolute Gasteiger partial charge is 0.311 e. The third-order valence-electron chi connectivity index (χ3n) is 2.75. The van der Waals surface area contributed by atoms with Crippen LogP contribution in [0, 0.1) is 10.1 Å². The molecular formula is C15H13N3O5. The topological polar surface area (TPSA) is 114 Å². The number of hydrogen-bond acceptors (Lipinski definition) is 6. The fourth-order valence-electron chi connectivity index (χ4n) is 1.67. The lowest BCUT2D eigenvalue weighted by Crippen LogP contribution is -2.24. The van der Waals surface area contributed by atoms with Crippen molar-refractivity contribution in [2.75, 3.05) is 6.61 Å². The van der Waals surface area contributed by atoms with E-state index in [1.807, 2.05) is 6.07 Å². The zero-order valence-corrected chi connectivity index (χ0v) is 11.9. The van der Waals surface area contributed by atoms with Crippen molar-refractivity contribution in [3.8, 4) is 11.5 Å². The highest BCUT2D eigenvalue weighted by molar-refractivity contribution is 5.87. The maximum atomic E-state index is 11.5. The number of nitrogens with zero attached hydrogens (tertiary/aromatic N) is 2. The average molecular weight is 315 g/mol. The third kappa shape index (κ3) is 4.53. The summed E-state index contributed by atoms with van der Waals surface area (Å²) < 4.78 is 5.22. The lowest BCUT2D eigenvalue weighted by molar-refractivity contribution is -0.385. The average Bonchev–Trinajstić information content (AvgIpc) is 2.55. The molecule has 0 unspecified atom stereocenters. The number of carbonyl (C=O) groups is 1. The molecule has 0 aliphatic carbocycles. The molecule has 118 valence electrons. The van der Waals surface area contributed by atoms with Gasteiger partial charge in [0.2, 0.25) is 5.75 Å². The van der Waals surface area contributed by atoms with E-state index in [0.717, 1.165) is 6.21 Å². The molecule has 2 rings (SSSR count). The Hall–Kier alpha value is -3.42. The van der Waals surface area contributed by atoms with Crippen molar-refractivity contribution in [1.82, 2.24) is 5.43 Å². The van der Waals surface area contributed by atoms with Crippen LogP contribution in [0.5, 0.6) is 11.5 Å². The first kappa shape index (κ1) is 16.0. The Labute approximate surface area is 131 Å². The summed E-state index contributed by atoms with van der Waals surface area (Å²) in [5, 5.41) is 24.0. The minimum Gasteiger partial charge on any atom is -0.502 e. The van der Waals surface area contributed by atoms with Crippen LogP contribution >= 0.6 is 0 Å². The second-order valence-electron chi connectivity index (χ2n) is 4.37. The Bertz CT molecular complexity index is 731. The van der Waals surface area contributed by atoms with Crippen molar-refractivity contribution in [3.05, 3.63) is 64.2 Å². The quantitative estimate of drug-likeness (QED) is 0.479. The summed E-state index contributed by atoms with van der Waals surface area (Å²) in [5.74, 6) is -0.478. The predicted molar refractivity (Wildman–Crippen MR) is 82.4 cm³/mol. The fourth-order valence-corrected chi connectivity index (χ4v) is 1.67. The first-order chi connectivity index (χ1) is 11.1. The molecule has 2 aromatic rings. The molecule has 0 saturated heterocycles. The number of ether oxygens (including phenoxy) is 1. The Balaban J connectivity index is 1.90. The molecule has 0 radical (unpaired) electrons. The van der Waals surface area contributed by atoms with Crippen LogP contribution in [0.4, 0.5) is 5.69 Å². The number of rotatable bonds is 6. The van der Waals surface area contributed by atoms with E-state index in [1.165, 1.54) is 18.2 Å². The number of hydrazone groups is 1. The van der Waals surface area contributed by atoms with Gasteiger partial charge in [0.15, 0.2) is 6.61 Å². The van der Waals surface area contributed by atoms with Crippen molar-refractivity contribution in [2.24, 2.45) is 5.10 Å². The number of nitro benzene ring substituents is 1. The molecule has 0 spiro atoms. The summed E-state index contributed by atoms with van der Waals surface area (Å²) in [4.78, 5) is 21.5. The minimum absolute atomic E-state index is 0.114. The number of phenols is 1. The second-order valence-corrected chi connectivity index (χ2v) is 4.37. The molecule has 2 aromatic carbocycles. The minimum atomic E-state index is -0.709. The van der Waals surface area contributed by atoms with E-state index < -0.39 is 22.3 Å². The zero-order valence-electron chi connectivity index (χ0n) is 11.9. The number of nitrogens with one attached hydrogen (secondary N) is 1. The molecule has 0 heterocycles. The summed E-state index contributed by atoms with van der Waals surface area (Å²) in [6, 6.07) is 12.8. The summed E-state index contributed by atoms with van der Waals surface area (Å²) in [6.45, 7) is -0.234. The standard InChI is InChI=1S/C15H13N3O5/c19-14(10-23-12-6-2-1-3-7-12)17-16-9-11-5-4-8-13(15(11)20)18(21)22/h1-9,20H,10H2,(H,17,19). The van der Waals surface area contributed by atoms with E-state index in [0.29, 0.717) is 5.75 Å². The number of amides is 1. The first-order valence-corrected chi connectivity index (χ1v) is 6.54. The molecule has 2 N–H and O–H groups in total. The largest absolute Gasteiger partial charge is 0.502 e. The van der Waals surface area contributed by atoms with E-state index in [1.54, 1.807) is 24.3 Å². The molecule has 0 atom stereocenters. The number of para-hydroxylation sites is 2. The summed E-state index contributed by atoms with van der Waals surface area (Å²) in [5.41, 5.74) is 1.88. The van der Waals surface area contributed by atoms with Crippen LogP contribution < -0.4 is 10.2 Å². The predicted octanol–water partition coefficient (Wildman–Crippen LogP) is 1.83. The van der Waals surface area contributed by atoms with Gasteiger partial charge in [0.25, 0.3) is 5.91 Å². The highest BCUT2D eigenvalue weighted by Crippen LogP contribution is 2.27. The van der Waals surface area contributed by atoms with Crippen molar-refractivity contribution in [2.45, 2.75) is 0 Å². The fraction of sp³-hybridized carbons (Fsp3) is 0.0667. The van der Waals surface area contributed by atoms with Crippen LogP contribution in [0.2, 0.25) is 0 Å². The van der Waals surface area contributed by atoms with Crippen LogP contribution in [0.3, 0.4) is 0 Å². The van der Waals surface area contributed by atoms with Gasteiger partial charge in [-0.05, 0) is 18.2 Å². The van der Waals surface area contributed by atoms with E-state index in [9.17, 15) is 20.0 Å². The lowest BCUT2D eigenvalue weighted by atomic mass is 10.2. The molecule has 0 aromatic heterocycles. The Morgan fingerprint density at radius 3 is 2.70 bits per heavy atom. The van der Waals surface area contributed by atoms with Crippen LogP contribution in [0.15, 0.2) is 53.6 Å². The van der Waals surface area contributed by atoms with E-state index >= 15 is 0 Å². The van der Waals surface area contributed by atoms with Gasteiger partial charge in [0.05, 0.1) is 11.1 Å². The summed E-state index contributed by atoms with van der Waals surface area (Å²) in [6.07, 6.45) is 1.11. The molecule has 0 fully saturated rings. The normalized spacial score (nSPS) is 10.4. The number of nitro groups is 1. The molecule has 23 heavy (non-hydrogen) atoms. The van der Waals surface area contributed by atoms with Gasteiger partial charge in [0, 0.05) is 11.6 Å². The maximum absolute atomic E-state index is 11.5. The van der Waals surface area contributed by atoms with Crippen molar-refractivity contribution < 1.29 is 19.6 Å². The van der Waals surface area contributed by atoms with Crippen molar-refractivity contribution in [3.63, 3.8) is 0 Å².